The van der Waals surface area contributed by atoms with Gasteiger partial charge in [-0.3, -0.25) is 4.79 Å². The molecule has 6 nitrogen and oxygen atoms in total. The highest BCUT2D eigenvalue weighted by molar-refractivity contribution is 5.96. The van der Waals surface area contributed by atoms with Crippen molar-refractivity contribution in [3.05, 3.63) is 76.6 Å². The Kier molecular flexibility index (Phi) is 4.09. The maximum absolute atomic E-state index is 12.7. The summed E-state index contributed by atoms with van der Waals surface area (Å²) in [7, 11) is 0. The number of likely N-dealkylation sites (tertiary alicyclic amines) is 1. The largest absolute Gasteiger partial charge is 0.366 e. The lowest BCUT2D eigenvalue weighted by molar-refractivity contribution is -0.125. The second-order valence-corrected chi connectivity index (χ2v) is 6.45. The highest BCUT2D eigenvalue weighted by Crippen LogP contribution is 2.34. The van der Waals surface area contributed by atoms with Crippen LogP contribution in [0, 0.1) is 4.91 Å². The van der Waals surface area contributed by atoms with Crippen molar-refractivity contribution in [3.63, 3.8) is 0 Å². The van der Waals surface area contributed by atoms with Crippen LogP contribution in [0.4, 0.5) is 0 Å². The zero-order chi connectivity index (χ0) is 17.2. The molecule has 2 unspecified atom stereocenters. The summed E-state index contributed by atoms with van der Waals surface area (Å²) < 4.78 is 0. The van der Waals surface area contributed by atoms with Crippen molar-refractivity contribution in [2.45, 2.75) is 25.0 Å². The first kappa shape index (κ1) is 15.6. The van der Waals surface area contributed by atoms with Crippen LogP contribution in [0.1, 0.15) is 24.4 Å². The molecule has 128 valence electrons. The Bertz CT molecular complexity index is 763. The van der Waals surface area contributed by atoms with Gasteiger partial charge in [-0.2, -0.15) is 0 Å². The molecule has 0 aromatic heterocycles. The number of carbonyl (C=O) groups is 1. The van der Waals surface area contributed by atoms with Gasteiger partial charge in [0.25, 0.3) is 5.91 Å². The Morgan fingerprint density at radius 3 is 2.68 bits per heavy atom. The van der Waals surface area contributed by atoms with Gasteiger partial charge in [0.2, 0.25) is 0 Å². The number of rotatable bonds is 4. The molecule has 0 spiro atoms. The normalized spacial score (nSPS) is 22.8. The van der Waals surface area contributed by atoms with E-state index in [-0.39, 0.29) is 12.1 Å². The molecule has 0 bridgehead atoms. The third kappa shape index (κ3) is 2.84. The summed E-state index contributed by atoms with van der Waals surface area (Å²) >= 11 is 0. The fraction of sp³-hybridized carbons (Fsp3) is 0.316. The average Bonchev–Trinajstić information content (AvgIpc) is 3.33. The van der Waals surface area contributed by atoms with E-state index < -0.39 is 6.04 Å². The highest BCUT2D eigenvalue weighted by atomic mass is 16.3. The lowest BCUT2D eigenvalue weighted by Crippen LogP contribution is -2.37. The lowest BCUT2D eigenvalue weighted by atomic mass is 10.0. The minimum Gasteiger partial charge on any atom is -0.366 e. The first-order valence-corrected chi connectivity index (χ1v) is 8.59. The third-order valence-electron chi connectivity index (χ3n) is 4.88. The average molecular weight is 336 g/mol. The van der Waals surface area contributed by atoms with Crippen LogP contribution in [0.3, 0.4) is 0 Å². The number of hydrogen-bond acceptors (Lipinski definition) is 5. The molecule has 0 aliphatic carbocycles. The summed E-state index contributed by atoms with van der Waals surface area (Å²) in [6.45, 7) is 1.63. The molecule has 0 radical (unpaired) electrons. The predicted molar refractivity (Wildman–Crippen MR) is 94.9 cm³/mol. The number of nitroso groups, excluding NO2 is 1. The Labute approximate surface area is 146 Å². The molecule has 3 aliphatic heterocycles. The number of benzene rings is 1. The van der Waals surface area contributed by atoms with Crippen molar-refractivity contribution in [3.8, 4) is 0 Å². The van der Waals surface area contributed by atoms with Crippen molar-refractivity contribution < 1.29 is 4.79 Å². The molecule has 1 saturated heterocycles. The molecular weight excluding hydrogens is 316 g/mol. The van der Waals surface area contributed by atoms with E-state index in [9.17, 15) is 9.70 Å². The van der Waals surface area contributed by atoms with Gasteiger partial charge < -0.3 is 15.1 Å². The van der Waals surface area contributed by atoms with Crippen LogP contribution in [-0.2, 0) is 4.79 Å². The summed E-state index contributed by atoms with van der Waals surface area (Å²) in [6, 6.07) is 8.86. The van der Waals surface area contributed by atoms with Crippen molar-refractivity contribution in [2.75, 3.05) is 13.1 Å². The van der Waals surface area contributed by atoms with Crippen molar-refractivity contribution in [1.29, 1.82) is 0 Å². The molecule has 3 heterocycles. The summed E-state index contributed by atoms with van der Waals surface area (Å²) in [5.74, 6) is 0.0498. The molecule has 0 saturated carbocycles. The molecule has 1 aromatic rings. The molecule has 3 aliphatic rings. The van der Waals surface area contributed by atoms with Gasteiger partial charge >= 0.3 is 0 Å². The third-order valence-corrected chi connectivity index (χ3v) is 4.88. The van der Waals surface area contributed by atoms with E-state index in [1.165, 1.54) is 0 Å². The van der Waals surface area contributed by atoms with Crippen molar-refractivity contribution in [2.24, 2.45) is 5.18 Å². The lowest BCUT2D eigenvalue weighted by Gasteiger charge is -2.29. The summed E-state index contributed by atoms with van der Waals surface area (Å²) in [5.41, 5.74) is 2.23. The Morgan fingerprint density at radius 2 is 1.96 bits per heavy atom. The molecule has 1 amide bonds. The SMILES string of the molecule is O=NC(C1=CNC2C=CC(C(=O)N3CCCC3)=CN12)c1ccccc1. The topological polar surface area (TPSA) is 65.0 Å². The van der Waals surface area contributed by atoms with E-state index in [1.807, 2.05) is 64.7 Å². The van der Waals surface area contributed by atoms with Crippen LogP contribution in [0.15, 0.2) is 71.3 Å². The van der Waals surface area contributed by atoms with Gasteiger partial charge in [-0.15, -0.1) is 4.91 Å². The number of amides is 1. The Balaban J connectivity index is 1.60. The molecule has 6 heteroatoms. The van der Waals surface area contributed by atoms with Gasteiger partial charge in [0, 0.05) is 25.5 Å². The fourth-order valence-electron chi connectivity index (χ4n) is 3.55. The number of hydrogen-bond donors (Lipinski definition) is 1. The summed E-state index contributed by atoms with van der Waals surface area (Å²) in [6.07, 6.45) is 9.49. The molecule has 25 heavy (non-hydrogen) atoms. The number of nitrogens with one attached hydrogen (secondary N) is 1. The van der Waals surface area contributed by atoms with Gasteiger partial charge in [0.1, 0.15) is 6.17 Å². The maximum atomic E-state index is 12.7. The molecular formula is C19H20N4O2. The smallest absolute Gasteiger partial charge is 0.255 e. The minimum atomic E-state index is -0.607. The molecule has 1 aromatic carbocycles. The first-order chi connectivity index (χ1) is 12.3. The maximum Gasteiger partial charge on any atom is 0.255 e. The van der Waals surface area contributed by atoms with Gasteiger partial charge in [-0.25, -0.2) is 0 Å². The molecule has 1 fully saturated rings. The monoisotopic (exact) mass is 336 g/mol. The minimum absolute atomic E-state index is 0.0498. The zero-order valence-corrected chi connectivity index (χ0v) is 13.8. The molecule has 2 atom stereocenters. The fourth-order valence-corrected chi connectivity index (χ4v) is 3.55. The van der Waals surface area contributed by atoms with E-state index in [2.05, 4.69) is 10.5 Å². The first-order valence-electron chi connectivity index (χ1n) is 8.59. The Hall–Kier alpha value is -2.89. The second-order valence-electron chi connectivity index (χ2n) is 6.45. The molecule has 1 N–H and O–H groups in total. The quantitative estimate of drug-likeness (QED) is 0.859. The van der Waals surface area contributed by atoms with Crippen molar-refractivity contribution >= 4 is 5.91 Å². The predicted octanol–water partition coefficient (Wildman–Crippen LogP) is 2.64. The van der Waals surface area contributed by atoms with E-state index >= 15 is 0 Å². The van der Waals surface area contributed by atoms with Crippen LogP contribution < -0.4 is 5.32 Å². The number of carbonyl (C=O) groups excluding carboxylic acids is 1. The number of nitrogens with zero attached hydrogens (tertiary/aromatic N) is 3. The van der Waals surface area contributed by atoms with Crippen LogP contribution in [0.25, 0.3) is 0 Å². The van der Waals surface area contributed by atoms with E-state index in [0.29, 0.717) is 5.57 Å². The summed E-state index contributed by atoms with van der Waals surface area (Å²) in [5, 5.41) is 6.56. The molecule has 4 rings (SSSR count). The van der Waals surface area contributed by atoms with Gasteiger partial charge in [0.05, 0.1) is 11.3 Å². The van der Waals surface area contributed by atoms with Crippen molar-refractivity contribution in [1.82, 2.24) is 15.1 Å². The highest BCUT2D eigenvalue weighted by Gasteiger charge is 2.33. The van der Waals surface area contributed by atoms with E-state index in [0.717, 1.165) is 37.2 Å². The van der Waals surface area contributed by atoms with Gasteiger partial charge in [0.15, 0.2) is 6.04 Å². The summed E-state index contributed by atoms with van der Waals surface area (Å²) in [4.78, 5) is 28.0. The van der Waals surface area contributed by atoms with Gasteiger partial charge in [-0.05, 0) is 30.6 Å². The number of fused-ring (bicyclic) bond motifs is 1. The second kappa shape index (κ2) is 6.55. The van der Waals surface area contributed by atoms with Crippen LogP contribution in [0.2, 0.25) is 0 Å². The van der Waals surface area contributed by atoms with E-state index in [1.54, 1.807) is 0 Å². The van der Waals surface area contributed by atoms with Crippen LogP contribution in [-0.4, -0.2) is 35.0 Å². The van der Waals surface area contributed by atoms with Crippen LogP contribution >= 0.6 is 0 Å². The zero-order valence-electron chi connectivity index (χ0n) is 13.8. The van der Waals surface area contributed by atoms with Gasteiger partial charge in [-0.1, -0.05) is 35.5 Å². The van der Waals surface area contributed by atoms with E-state index in [4.69, 9.17) is 0 Å². The Morgan fingerprint density at radius 1 is 1.20 bits per heavy atom. The van der Waals surface area contributed by atoms with Crippen LogP contribution in [0.5, 0.6) is 0 Å². The standard InChI is InChI=1S/C19H20N4O2/c24-19(22-10-4-5-11-22)15-8-9-17-20-12-16(23(17)13-15)18(21-25)14-6-2-1-3-7-14/h1-3,6-9,12-13,17-18,20H,4-5,10-11H2.